The van der Waals surface area contributed by atoms with Gasteiger partial charge in [-0.3, -0.25) is 14.9 Å². The molecule has 0 radical (unpaired) electrons. The van der Waals surface area contributed by atoms with Crippen molar-refractivity contribution in [3.63, 3.8) is 0 Å². The monoisotopic (exact) mass is 282 g/mol. The molecule has 8 nitrogen and oxygen atoms in total. The summed E-state index contributed by atoms with van der Waals surface area (Å²) in [6, 6.07) is 1.23. The third kappa shape index (κ3) is 3.89. The number of methoxy groups -OCH3 is 1. The molecule has 20 heavy (non-hydrogen) atoms. The summed E-state index contributed by atoms with van der Waals surface area (Å²) < 4.78 is 4.90. The zero-order chi connectivity index (χ0) is 15.1. The lowest BCUT2D eigenvalue weighted by Gasteiger charge is -2.18. The van der Waals surface area contributed by atoms with Gasteiger partial charge in [-0.1, -0.05) is 0 Å². The Bertz CT molecular complexity index is 492. The minimum atomic E-state index is -0.575. The highest BCUT2D eigenvalue weighted by Gasteiger charge is 2.20. The SMILES string of the molecule is CCNc1ncc([N+](=O)[O-])cc1C(=O)N(C)CCOC. The van der Waals surface area contributed by atoms with Crippen molar-refractivity contribution in [3.8, 4) is 0 Å². The largest absolute Gasteiger partial charge is 0.383 e. The standard InChI is InChI=1S/C12H18N4O4/c1-4-13-11-10(7-9(8-14-11)16(18)19)12(17)15(2)5-6-20-3/h7-8H,4-6H2,1-3H3,(H,13,14). The van der Waals surface area contributed by atoms with Gasteiger partial charge in [-0.05, 0) is 6.92 Å². The molecule has 110 valence electrons. The van der Waals surface area contributed by atoms with E-state index >= 15 is 0 Å². The highest BCUT2D eigenvalue weighted by molar-refractivity contribution is 5.99. The van der Waals surface area contributed by atoms with Gasteiger partial charge in [-0.25, -0.2) is 4.98 Å². The number of anilines is 1. The number of hydrogen-bond acceptors (Lipinski definition) is 6. The fraction of sp³-hybridized carbons (Fsp3) is 0.500. The van der Waals surface area contributed by atoms with Crippen LogP contribution in [-0.2, 0) is 4.74 Å². The summed E-state index contributed by atoms with van der Waals surface area (Å²) in [6.45, 7) is 3.20. The molecule has 1 aromatic rings. The van der Waals surface area contributed by atoms with Gasteiger partial charge >= 0.3 is 0 Å². The first-order valence-electron chi connectivity index (χ1n) is 6.14. The normalized spacial score (nSPS) is 10.2. The van der Waals surface area contributed by atoms with Gasteiger partial charge in [0.2, 0.25) is 0 Å². The first-order chi connectivity index (χ1) is 9.51. The molecule has 0 bridgehead atoms. The first-order valence-corrected chi connectivity index (χ1v) is 6.14. The predicted octanol–water partition coefficient (Wildman–Crippen LogP) is 1.14. The van der Waals surface area contributed by atoms with Crippen LogP contribution >= 0.6 is 0 Å². The molecule has 1 heterocycles. The van der Waals surface area contributed by atoms with Crippen LogP contribution in [0.1, 0.15) is 17.3 Å². The Hall–Kier alpha value is -2.22. The summed E-state index contributed by atoms with van der Waals surface area (Å²) in [5.41, 5.74) is -0.0326. The molecule has 0 aliphatic heterocycles. The van der Waals surface area contributed by atoms with Gasteiger partial charge in [0.25, 0.3) is 11.6 Å². The Balaban J connectivity index is 3.07. The molecule has 0 saturated carbocycles. The van der Waals surface area contributed by atoms with Crippen LogP contribution < -0.4 is 5.32 Å². The van der Waals surface area contributed by atoms with E-state index in [1.54, 1.807) is 7.05 Å². The molecule has 0 aliphatic rings. The Morgan fingerprint density at radius 2 is 2.30 bits per heavy atom. The molecular weight excluding hydrogens is 264 g/mol. The molecule has 0 atom stereocenters. The molecule has 1 N–H and O–H groups in total. The number of hydrogen-bond donors (Lipinski definition) is 1. The lowest BCUT2D eigenvalue weighted by atomic mass is 10.2. The molecule has 0 spiro atoms. The van der Waals surface area contributed by atoms with Crippen LogP contribution in [-0.4, -0.2) is 54.6 Å². The summed E-state index contributed by atoms with van der Waals surface area (Å²) in [5.74, 6) is 0.00145. The minimum Gasteiger partial charge on any atom is -0.383 e. The van der Waals surface area contributed by atoms with E-state index in [0.29, 0.717) is 25.5 Å². The fourth-order valence-electron chi connectivity index (χ4n) is 1.56. The summed E-state index contributed by atoms with van der Waals surface area (Å²) >= 11 is 0. The van der Waals surface area contributed by atoms with Gasteiger partial charge < -0.3 is 15.0 Å². The van der Waals surface area contributed by atoms with Crippen molar-refractivity contribution >= 4 is 17.4 Å². The second kappa shape index (κ2) is 7.39. The highest BCUT2D eigenvalue weighted by atomic mass is 16.6. The average Bonchev–Trinajstić information content (AvgIpc) is 2.44. The Labute approximate surface area is 116 Å². The number of amides is 1. The molecule has 1 aromatic heterocycles. The van der Waals surface area contributed by atoms with Crippen LogP contribution in [0.25, 0.3) is 0 Å². The van der Waals surface area contributed by atoms with E-state index in [1.165, 1.54) is 18.1 Å². The number of nitrogens with zero attached hydrogens (tertiary/aromatic N) is 3. The molecule has 0 fully saturated rings. The van der Waals surface area contributed by atoms with Crippen LogP contribution in [0.3, 0.4) is 0 Å². The van der Waals surface area contributed by atoms with Gasteiger partial charge in [-0.15, -0.1) is 0 Å². The van der Waals surface area contributed by atoms with Gasteiger partial charge in [-0.2, -0.15) is 0 Å². The van der Waals surface area contributed by atoms with E-state index in [9.17, 15) is 14.9 Å². The lowest BCUT2D eigenvalue weighted by Crippen LogP contribution is -2.30. The smallest absolute Gasteiger partial charge is 0.288 e. The van der Waals surface area contributed by atoms with Gasteiger partial charge in [0.15, 0.2) is 0 Å². The van der Waals surface area contributed by atoms with Crippen molar-refractivity contribution in [1.29, 1.82) is 0 Å². The number of nitrogens with one attached hydrogen (secondary N) is 1. The molecule has 0 saturated heterocycles. The topological polar surface area (TPSA) is 97.6 Å². The minimum absolute atomic E-state index is 0.180. The zero-order valence-corrected chi connectivity index (χ0v) is 11.8. The third-order valence-electron chi connectivity index (χ3n) is 2.64. The molecular formula is C12H18N4O4. The Morgan fingerprint density at radius 1 is 1.60 bits per heavy atom. The maximum atomic E-state index is 12.3. The molecule has 0 aromatic carbocycles. The first kappa shape index (κ1) is 15.8. The van der Waals surface area contributed by atoms with Gasteiger partial charge in [0, 0.05) is 33.3 Å². The predicted molar refractivity (Wildman–Crippen MR) is 73.9 cm³/mol. The summed E-state index contributed by atoms with van der Waals surface area (Å²) in [4.78, 5) is 27.9. The van der Waals surface area contributed by atoms with E-state index in [2.05, 4.69) is 10.3 Å². The van der Waals surface area contributed by atoms with E-state index in [1.807, 2.05) is 6.92 Å². The molecule has 1 rings (SSSR count). The van der Waals surface area contributed by atoms with Crippen LogP contribution in [0, 0.1) is 10.1 Å². The van der Waals surface area contributed by atoms with E-state index < -0.39 is 4.92 Å². The third-order valence-corrected chi connectivity index (χ3v) is 2.64. The maximum absolute atomic E-state index is 12.3. The van der Waals surface area contributed by atoms with E-state index in [-0.39, 0.29) is 17.2 Å². The number of carbonyl (C=O) groups is 1. The number of nitro groups is 1. The Morgan fingerprint density at radius 3 is 2.85 bits per heavy atom. The second-order valence-electron chi connectivity index (χ2n) is 4.10. The van der Waals surface area contributed by atoms with Gasteiger partial charge in [0.05, 0.1) is 17.1 Å². The average molecular weight is 282 g/mol. The van der Waals surface area contributed by atoms with Crippen LogP contribution in [0.5, 0.6) is 0 Å². The summed E-state index contributed by atoms with van der Waals surface area (Å²) in [6.07, 6.45) is 1.13. The Kier molecular flexibility index (Phi) is 5.85. The summed E-state index contributed by atoms with van der Waals surface area (Å²) in [7, 11) is 3.15. The van der Waals surface area contributed by atoms with Crippen molar-refractivity contribution in [1.82, 2.24) is 9.88 Å². The number of ether oxygens (including phenoxy) is 1. The van der Waals surface area contributed by atoms with Gasteiger partial charge in [0.1, 0.15) is 12.0 Å². The number of likely N-dealkylation sites (N-methyl/N-ethyl adjacent to an activating group) is 1. The van der Waals surface area contributed by atoms with Crippen molar-refractivity contribution in [2.24, 2.45) is 0 Å². The summed E-state index contributed by atoms with van der Waals surface area (Å²) in [5, 5.41) is 13.7. The van der Waals surface area contributed by atoms with E-state index in [0.717, 1.165) is 6.20 Å². The lowest BCUT2D eigenvalue weighted by molar-refractivity contribution is -0.385. The second-order valence-corrected chi connectivity index (χ2v) is 4.10. The number of aromatic nitrogens is 1. The fourth-order valence-corrected chi connectivity index (χ4v) is 1.56. The maximum Gasteiger partial charge on any atom is 0.288 e. The quantitative estimate of drug-likeness (QED) is 0.595. The molecule has 0 aliphatic carbocycles. The molecule has 8 heteroatoms. The van der Waals surface area contributed by atoms with Crippen molar-refractivity contribution in [2.45, 2.75) is 6.92 Å². The highest BCUT2D eigenvalue weighted by Crippen LogP contribution is 2.20. The van der Waals surface area contributed by atoms with E-state index in [4.69, 9.17) is 4.74 Å². The van der Waals surface area contributed by atoms with Crippen LogP contribution in [0.2, 0.25) is 0 Å². The number of pyridine rings is 1. The van der Waals surface area contributed by atoms with Crippen LogP contribution in [0.15, 0.2) is 12.3 Å². The number of rotatable bonds is 7. The number of carbonyl (C=O) groups excluding carboxylic acids is 1. The molecule has 1 amide bonds. The zero-order valence-electron chi connectivity index (χ0n) is 11.8. The van der Waals surface area contributed by atoms with Crippen molar-refractivity contribution in [2.75, 3.05) is 39.2 Å². The van der Waals surface area contributed by atoms with Crippen molar-refractivity contribution < 1.29 is 14.5 Å². The van der Waals surface area contributed by atoms with Crippen LogP contribution in [0.4, 0.5) is 11.5 Å². The van der Waals surface area contributed by atoms with Crippen molar-refractivity contribution in [3.05, 3.63) is 27.9 Å². The molecule has 0 unspecified atom stereocenters.